The Kier molecular flexibility index (Phi) is 8.18. The maximum atomic E-state index is 12.2. The number of likely N-dealkylation sites (N-methyl/N-ethyl adjacent to an activating group) is 1. The molecule has 0 aliphatic heterocycles. The molecule has 0 unspecified atom stereocenters. The van der Waals surface area contributed by atoms with Crippen LogP contribution in [-0.2, 0) is 14.8 Å². The molecule has 1 amide bonds. The topological polar surface area (TPSA) is 96.5 Å². The molecule has 7 nitrogen and oxygen atoms in total. The van der Waals surface area contributed by atoms with Crippen LogP contribution in [0.15, 0.2) is 23.1 Å². The first-order valence-electron chi connectivity index (χ1n) is 7.50. The standard InChI is InChI=1S/C15H25N3O4S/c1-4-16-7-8-17-15(19)14-11-13(6-5-12(14)2)23(20,21)18-9-10-22-3/h5-6,11,16,18H,4,7-10H2,1-3H3,(H,17,19). The number of ether oxygens (including phenoxy) is 1. The van der Waals surface area contributed by atoms with Crippen molar-refractivity contribution in [1.29, 1.82) is 0 Å². The summed E-state index contributed by atoms with van der Waals surface area (Å²) < 4.78 is 31.6. The average molecular weight is 343 g/mol. The Bertz CT molecular complexity index is 617. The molecule has 0 aromatic heterocycles. The van der Waals surface area contributed by atoms with E-state index in [1.165, 1.54) is 19.2 Å². The molecular weight excluding hydrogens is 318 g/mol. The molecule has 0 bridgehead atoms. The van der Waals surface area contributed by atoms with Gasteiger partial charge in [0.1, 0.15) is 0 Å². The van der Waals surface area contributed by atoms with Crippen molar-refractivity contribution < 1.29 is 17.9 Å². The molecular formula is C15H25N3O4S. The van der Waals surface area contributed by atoms with E-state index in [0.717, 1.165) is 12.1 Å². The zero-order valence-electron chi connectivity index (χ0n) is 13.8. The van der Waals surface area contributed by atoms with Gasteiger partial charge in [-0.2, -0.15) is 0 Å². The lowest BCUT2D eigenvalue weighted by Gasteiger charge is -2.11. The first-order chi connectivity index (χ1) is 10.9. The molecule has 0 heterocycles. The highest BCUT2D eigenvalue weighted by atomic mass is 32.2. The Labute approximate surface area is 137 Å². The lowest BCUT2D eigenvalue weighted by atomic mass is 10.1. The Balaban J connectivity index is 2.84. The van der Waals surface area contributed by atoms with Crippen LogP contribution in [0, 0.1) is 6.92 Å². The third kappa shape index (κ3) is 6.26. The van der Waals surface area contributed by atoms with Gasteiger partial charge in [-0.25, -0.2) is 13.1 Å². The molecule has 3 N–H and O–H groups in total. The predicted octanol–water partition coefficient (Wildman–Crippen LogP) is 0.259. The van der Waals surface area contributed by atoms with Crippen LogP contribution < -0.4 is 15.4 Å². The molecule has 0 saturated heterocycles. The molecule has 1 aromatic rings. The van der Waals surface area contributed by atoms with Gasteiger partial charge in [0, 0.05) is 32.3 Å². The molecule has 0 spiro atoms. The quantitative estimate of drug-likeness (QED) is 0.530. The second kappa shape index (κ2) is 9.61. The summed E-state index contributed by atoms with van der Waals surface area (Å²) in [6, 6.07) is 4.51. The van der Waals surface area contributed by atoms with Crippen molar-refractivity contribution in [1.82, 2.24) is 15.4 Å². The Hall–Kier alpha value is -1.48. The van der Waals surface area contributed by atoms with Crippen molar-refractivity contribution in [3.05, 3.63) is 29.3 Å². The van der Waals surface area contributed by atoms with E-state index in [0.29, 0.717) is 18.7 Å². The molecule has 0 atom stereocenters. The summed E-state index contributed by atoms with van der Waals surface area (Å²) in [7, 11) is -2.16. The Morgan fingerprint density at radius 1 is 1.22 bits per heavy atom. The van der Waals surface area contributed by atoms with E-state index in [1.807, 2.05) is 6.92 Å². The summed E-state index contributed by atoms with van der Waals surface area (Å²) in [6.45, 7) is 6.19. The van der Waals surface area contributed by atoms with E-state index >= 15 is 0 Å². The smallest absolute Gasteiger partial charge is 0.251 e. The first-order valence-corrected chi connectivity index (χ1v) is 8.99. The normalized spacial score (nSPS) is 11.4. The number of amides is 1. The summed E-state index contributed by atoms with van der Waals surface area (Å²) in [6.07, 6.45) is 0. The van der Waals surface area contributed by atoms with E-state index in [4.69, 9.17) is 4.74 Å². The van der Waals surface area contributed by atoms with Crippen LogP contribution in [0.3, 0.4) is 0 Å². The maximum Gasteiger partial charge on any atom is 0.251 e. The minimum atomic E-state index is -3.66. The second-order valence-electron chi connectivity index (χ2n) is 4.98. The summed E-state index contributed by atoms with van der Waals surface area (Å²) in [5.41, 5.74) is 1.08. The van der Waals surface area contributed by atoms with Crippen molar-refractivity contribution in [3.63, 3.8) is 0 Å². The molecule has 0 aliphatic rings. The van der Waals surface area contributed by atoms with Gasteiger partial charge in [0.2, 0.25) is 10.0 Å². The summed E-state index contributed by atoms with van der Waals surface area (Å²) in [5.74, 6) is -0.283. The highest BCUT2D eigenvalue weighted by Crippen LogP contribution is 2.15. The van der Waals surface area contributed by atoms with Gasteiger partial charge in [-0.15, -0.1) is 0 Å². The molecule has 0 saturated carbocycles. The zero-order chi connectivity index (χ0) is 17.3. The Morgan fingerprint density at radius 3 is 2.61 bits per heavy atom. The number of benzene rings is 1. The number of carbonyl (C=O) groups excluding carboxylic acids is 1. The van der Waals surface area contributed by atoms with Gasteiger partial charge < -0.3 is 15.4 Å². The van der Waals surface area contributed by atoms with Gasteiger partial charge in [0.15, 0.2) is 0 Å². The van der Waals surface area contributed by atoms with E-state index in [2.05, 4.69) is 15.4 Å². The minimum Gasteiger partial charge on any atom is -0.383 e. The molecule has 1 rings (SSSR count). The molecule has 130 valence electrons. The highest BCUT2D eigenvalue weighted by Gasteiger charge is 2.17. The monoisotopic (exact) mass is 343 g/mol. The minimum absolute atomic E-state index is 0.0658. The largest absolute Gasteiger partial charge is 0.383 e. The number of methoxy groups -OCH3 is 1. The highest BCUT2D eigenvalue weighted by molar-refractivity contribution is 7.89. The van der Waals surface area contributed by atoms with E-state index < -0.39 is 10.0 Å². The van der Waals surface area contributed by atoms with Crippen LogP contribution in [-0.4, -0.2) is 54.2 Å². The van der Waals surface area contributed by atoms with Gasteiger partial charge in [-0.1, -0.05) is 13.0 Å². The van der Waals surface area contributed by atoms with E-state index in [-0.39, 0.29) is 24.0 Å². The van der Waals surface area contributed by atoms with Crippen LogP contribution >= 0.6 is 0 Å². The molecule has 1 aromatic carbocycles. The number of nitrogens with one attached hydrogen (secondary N) is 3. The first kappa shape index (κ1) is 19.6. The van der Waals surface area contributed by atoms with Crippen LogP contribution in [0.4, 0.5) is 0 Å². The molecule has 23 heavy (non-hydrogen) atoms. The van der Waals surface area contributed by atoms with Crippen LogP contribution in [0.25, 0.3) is 0 Å². The van der Waals surface area contributed by atoms with Crippen molar-refractivity contribution >= 4 is 15.9 Å². The molecule has 8 heteroatoms. The number of carbonyl (C=O) groups is 1. The van der Waals surface area contributed by atoms with Crippen molar-refractivity contribution in [2.24, 2.45) is 0 Å². The Morgan fingerprint density at radius 2 is 1.96 bits per heavy atom. The maximum absolute atomic E-state index is 12.2. The van der Waals surface area contributed by atoms with Gasteiger partial charge in [0.05, 0.1) is 11.5 Å². The fourth-order valence-corrected chi connectivity index (χ4v) is 2.95. The fourth-order valence-electron chi connectivity index (χ4n) is 1.91. The molecule has 0 fully saturated rings. The predicted molar refractivity (Wildman–Crippen MR) is 89.1 cm³/mol. The van der Waals surface area contributed by atoms with Crippen molar-refractivity contribution in [3.8, 4) is 0 Å². The number of rotatable bonds is 10. The van der Waals surface area contributed by atoms with Crippen molar-refractivity contribution in [2.75, 3.05) is 39.9 Å². The second-order valence-corrected chi connectivity index (χ2v) is 6.74. The summed E-state index contributed by atoms with van der Waals surface area (Å²) in [5, 5.41) is 5.87. The fraction of sp³-hybridized carbons (Fsp3) is 0.533. The average Bonchev–Trinajstić information content (AvgIpc) is 2.51. The number of hydrogen-bond acceptors (Lipinski definition) is 5. The van der Waals surface area contributed by atoms with Crippen LogP contribution in [0.2, 0.25) is 0 Å². The third-order valence-corrected chi connectivity index (χ3v) is 4.66. The van der Waals surface area contributed by atoms with Crippen LogP contribution in [0.5, 0.6) is 0 Å². The summed E-state index contributed by atoms with van der Waals surface area (Å²) >= 11 is 0. The van der Waals surface area contributed by atoms with Gasteiger partial charge in [-0.3, -0.25) is 4.79 Å². The van der Waals surface area contributed by atoms with Gasteiger partial charge >= 0.3 is 0 Å². The lowest BCUT2D eigenvalue weighted by molar-refractivity contribution is 0.0953. The zero-order valence-corrected chi connectivity index (χ0v) is 14.6. The van der Waals surface area contributed by atoms with Gasteiger partial charge in [0.25, 0.3) is 5.91 Å². The third-order valence-electron chi connectivity index (χ3n) is 3.20. The molecule has 0 aliphatic carbocycles. The van der Waals surface area contributed by atoms with Crippen molar-refractivity contribution in [2.45, 2.75) is 18.7 Å². The molecule has 0 radical (unpaired) electrons. The number of aryl methyl sites for hydroxylation is 1. The van der Waals surface area contributed by atoms with Gasteiger partial charge in [-0.05, 0) is 31.2 Å². The number of hydrogen-bond donors (Lipinski definition) is 3. The lowest BCUT2D eigenvalue weighted by Crippen LogP contribution is -2.32. The summed E-state index contributed by atoms with van der Waals surface area (Å²) in [4.78, 5) is 12.3. The SMILES string of the molecule is CCNCCNC(=O)c1cc(S(=O)(=O)NCCOC)ccc1C. The van der Waals surface area contributed by atoms with E-state index in [1.54, 1.807) is 13.0 Å². The number of sulfonamides is 1. The van der Waals surface area contributed by atoms with E-state index in [9.17, 15) is 13.2 Å². The van der Waals surface area contributed by atoms with Crippen LogP contribution in [0.1, 0.15) is 22.8 Å².